The zero-order valence-electron chi connectivity index (χ0n) is 16.4. The van der Waals surface area contributed by atoms with Gasteiger partial charge in [0.25, 0.3) is 0 Å². The highest BCUT2D eigenvalue weighted by molar-refractivity contribution is 5.96. The summed E-state index contributed by atoms with van der Waals surface area (Å²) in [6, 6.07) is 0.262. The predicted molar refractivity (Wildman–Crippen MR) is 101 cm³/mol. The molecule has 0 aromatic heterocycles. The van der Waals surface area contributed by atoms with Gasteiger partial charge in [0.05, 0.1) is 5.70 Å². The first kappa shape index (κ1) is 21.1. The Bertz CT molecular complexity index is 509. The van der Waals surface area contributed by atoms with Gasteiger partial charge in [0.2, 0.25) is 0 Å². The summed E-state index contributed by atoms with van der Waals surface area (Å²) >= 11 is 0. The van der Waals surface area contributed by atoms with E-state index < -0.39 is 0 Å². The molecule has 2 aliphatic rings. The Morgan fingerprint density at radius 3 is 2.08 bits per heavy atom. The van der Waals surface area contributed by atoms with Crippen LogP contribution < -0.4 is 22.9 Å². The normalized spacial score (nSPS) is 35.3. The molecule has 0 spiro atoms. The number of allylic oxidation sites excluding steroid dienone is 1. The Labute approximate surface area is 147 Å². The van der Waals surface area contributed by atoms with Crippen molar-refractivity contribution < 1.29 is 4.79 Å². The largest absolute Gasteiger partial charge is 0.396 e. The van der Waals surface area contributed by atoms with Gasteiger partial charge in [-0.05, 0) is 54.5 Å². The quantitative estimate of drug-likeness (QED) is 0.583. The third-order valence-corrected chi connectivity index (χ3v) is 5.62. The van der Waals surface area contributed by atoms with Crippen LogP contribution in [-0.2, 0) is 4.79 Å². The van der Waals surface area contributed by atoms with E-state index in [0.29, 0.717) is 23.6 Å². The highest BCUT2D eigenvalue weighted by atomic mass is 16.1. The molecule has 0 saturated heterocycles. The fourth-order valence-corrected chi connectivity index (χ4v) is 4.46. The smallest absolute Gasteiger partial charge is 0.179 e. The van der Waals surface area contributed by atoms with Crippen molar-refractivity contribution in [2.75, 3.05) is 6.54 Å². The maximum absolute atomic E-state index is 11.3. The number of ketones is 1. The summed E-state index contributed by atoms with van der Waals surface area (Å²) in [5.74, 6) is 0.0270. The molecule has 1 fully saturated rings. The van der Waals surface area contributed by atoms with Gasteiger partial charge in [0, 0.05) is 18.5 Å². The van der Waals surface area contributed by atoms with Crippen molar-refractivity contribution in [2.24, 2.45) is 39.2 Å². The van der Waals surface area contributed by atoms with E-state index in [1.165, 1.54) is 6.42 Å². The molecule has 8 N–H and O–H groups in total. The lowest BCUT2D eigenvalue weighted by atomic mass is 9.63. The summed E-state index contributed by atoms with van der Waals surface area (Å²) in [6.07, 6.45) is 3.90. The molecule has 2 aliphatic carbocycles. The van der Waals surface area contributed by atoms with Crippen LogP contribution in [0, 0.1) is 16.2 Å². The summed E-state index contributed by atoms with van der Waals surface area (Å²) in [6.45, 7) is 13.4. The van der Waals surface area contributed by atoms with Crippen molar-refractivity contribution in [3.63, 3.8) is 0 Å². The minimum absolute atomic E-state index is 0.0270. The van der Waals surface area contributed by atoms with Gasteiger partial charge in [-0.1, -0.05) is 34.6 Å². The molecule has 0 aromatic rings. The monoisotopic (exact) mass is 338 g/mol. The van der Waals surface area contributed by atoms with Crippen LogP contribution in [0.2, 0.25) is 0 Å². The highest BCUT2D eigenvalue weighted by Gasteiger charge is 2.39. The van der Waals surface area contributed by atoms with E-state index in [0.717, 1.165) is 25.0 Å². The van der Waals surface area contributed by atoms with Gasteiger partial charge in [-0.25, -0.2) is 0 Å². The fraction of sp³-hybridized carbons (Fsp3) is 0.842. The Balaban J connectivity index is 0.000000240. The van der Waals surface area contributed by atoms with E-state index in [4.69, 9.17) is 22.9 Å². The van der Waals surface area contributed by atoms with E-state index in [1.807, 2.05) is 20.8 Å². The molecule has 1 saturated carbocycles. The average Bonchev–Trinajstić information content (AvgIpc) is 2.41. The lowest BCUT2D eigenvalue weighted by Gasteiger charge is -2.45. The standard InChI is InChI=1S/C10H22N2.C9H16N2O/c1-9(2)4-8(12)5-10(3,6-9)7-11;1-5-7(10)6(12)4-9(2,3)8(5)11/h8H,4-7,11-12H2,1-3H3;8H,4,10-11H2,1-3H3. The molecule has 3 unspecified atom stereocenters. The first-order valence-corrected chi connectivity index (χ1v) is 8.94. The lowest BCUT2D eigenvalue weighted by molar-refractivity contribution is -0.118. The summed E-state index contributed by atoms with van der Waals surface area (Å²) in [5, 5.41) is 0. The van der Waals surface area contributed by atoms with Crippen molar-refractivity contribution in [3.05, 3.63) is 11.3 Å². The maximum Gasteiger partial charge on any atom is 0.179 e. The molecule has 5 nitrogen and oxygen atoms in total. The molecule has 0 radical (unpaired) electrons. The lowest BCUT2D eigenvalue weighted by Crippen LogP contribution is -2.45. The Kier molecular flexibility index (Phi) is 6.29. The van der Waals surface area contributed by atoms with Crippen molar-refractivity contribution >= 4 is 5.78 Å². The van der Waals surface area contributed by atoms with E-state index in [1.54, 1.807) is 0 Å². The zero-order valence-corrected chi connectivity index (χ0v) is 16.4. The number of carbonyl (C=O) groups excluding carboxylic acids is 1. The average molecular weight is 339 g/mol. The van der Waals surface area contributed by atoms with Crippen LogP contribution in [0.15, 0.2) is 11.3 Å². The zero-order chi connectivity index (χ0) is 18.9. The Morgan fingerprint density at radius 2 is 1.62 bits per heavy atom. The topological polar surface area (TPSA) is 121 Å². The van der Waals surface area contributed by atoms with Crippen molar-refractivity contribution in [2.45, 2.75) is 79.3 Å². The summed E-state index contributed by atoms with van der Waals surface area (Å²) in [5.41, 5.74) is 25.0. The van der Waals surface area contributed by atoms with Crippen LogP contribution in [0.1, 0.15) is 67.2 Å². The van der Waals surface area contributed by atoms with Crippen LogP contribution in [0.3, 0.4) is 0 Å². The number of Topliss-reactive ketones (excluding diaryl/α,β-unsaturated/α-hetero) is 1. The maximum atomic E-state index is 11.3. The molecule has 0 bridgehead atoms. The Hall–Kier alpha value is -0.910. The molecule has 140 valence electrons. The van der Waals surface area contributed by atoms with Crippen molar-refractivity contribution in [1.82, 2.24) is 0 Å². The molecule has 2 rings (SSSR count). The number of hydrogen-bond donors (Lipinski definition) is 4. The molecule has 0 amide bonds. The first-order valence-electron chi connectivity index (χ1n) is 8.94. The van der Waals surface area contributed by atoms with Gasteiger partial charge in [-0.3, -0.25) is 4.79 Å². The fourth-order valence-electron chi connectivity index (χ4n) is 4.46. The molecule has 0 aromatic carbocycles. The van der Waals surface area contributed by atoms with Gasteiger partial charge in [-0.2, -0.15) is 0 Å². The molecule has 24 heavy (non-hydrogen) atoms. The highest BCUT2D eigenvalue weighted by Crippen LogP contribution is 2.44. The van der Waals surface area contributed by atoms with Crippen LogP contribution in [0.4, 0.5) is 0 Å². The van der Waals surface area contributed by atoms with Crippen molar-refractivity contribution in [3.8, 4) is 0 Å². The number of nitrogens with two attached hydrogens (primary N) is 4. The van der Waals surface area contributed by atoms with E-state index in [2.05, 4.69) is 20.8 Å². The third kappa shape index (κ3) is 5.04. The van der Waals surface area contributed by atoms with Gasteiger partial charge in [0.1, 0.15) is 0 Å². The van der Waals surface area contributed by atoms with E-state index >= 15 is 0 Å². The summed E-state index contributed by atoms with van der Waals surface area (Å²) in [7, 11) is 0. The van der Waals surface area contributed by atoms with Gasteiger partial charge in [0.15, 0.2) is 5.78 Å². The minimum Gasteiger partial charge on any atom is -0.396 e. The molecular formula is C19H38N4O. The molecule has 5 heteroatoms. The predicted octanol–water partition coefficient (Wildman–Crippen LogP) is 2.03. The van der Waals surface area contributed by atoms with Crippen molar-refractivity contribution in [1.29, 1.82) is 0 Å². The number of carbonyl (C=O) groups is 1. The van der Waals surface area contributed by atoms with Crippen LogP contribution in [0.25, 0.3) is 0 Å². The van der Waals surface area contributed by atoms with Gasteiger partial charge < -0.3 is 22.9 Å². The number of rotatable bonds is 1. The minimum atomic E-state index is -0.149. The molecule has 0 aliphatic heterocycles. The summed E-state index contributed by atoms with van der Waals surface area (Å²) in [4.78, 5) is 11.3. The third-order valence-electron chi connectivity index (χ3n) is 5.62. The molecule has 0 heterocycles. The Morgan fingerprint density at radius 1 is 1.08 bits per heavy atom. The van der Waals surface area contributed by atoms with Gasteiger partial charge in [-0.15, -0.1) is 0 Å². The second-order valence-corrected chi connectivity index (χ2v) is 9.69. The second-order valence-electron chi connectivity index (χ2n) is 9.69. The van der Waals surface area contributed by atoms with Crippen LogP contribution in [-0.4, -0.2) is 24.4 Å². The molecule has 3 atom stereocenters. The number of hydrogen-bond acceptors (Lipinski definition) is 5. The molecular weight excluding hydrogens is 300 g/mol. The van der Waals surface area contributed by atoms with Gasteiger partial charge >= 0.3 is 0 Å². The first-order chi connectivity index (χ1) is 10.7. The summed E-state index contributed by atoms with van der Waals surface area (Å²) < 4.78 is 0. The van der Waals surface area contributed by atoms with Crippen LogP contribution >= 0.6 is 0 Å². The van der Waals surface area contributed by atoms with Crippen LogP contribution in [0.5, 0.6) is 0 Å². The van der Waals surface area contributed by atoms with E-state index in [-0.39, 0.29) is 22.7 Å². The second kappa shape index (κ2) is 7.14. The van der Waals surface area contributed by atoms with E-state index in [9.17, 15) is 4.79 Å². The SMILES string of the molecule is CC1(C)CC(N)CC(C)(CN)C1.CC1=C(N)C(=O)CC(C)(C)C1N.